The summed E-state index contributed by atoms with van der Waals surface area (Å²) in [6, 6.07) is 2.28. The first-order valence-corrected chi connectivity index (χ1v) is 8.52. The monoisotopic (exact) mass is 305 g/mol. The average Bonchev–Trinajstić information content (AvgIpc) is 2.66. The van der Waals surface area contributed by atoms with Gasteiger partial charge in [-0.15, -0.1) is 11.3 Å². The predicted molar refractivity (Wildman–Crippen MR) is 86.4 cm³/mol. The summed E-state index contributed by atoms with van der Waals surface area (Å²) in [4.78, 5) is 13.7. The van der Waals surface area contributed by atoms with E-state index in [-0.39, 0.29) is 5.91 Å². The third-order valence-corrected chi connectivity index (χ3v) is 5.68. The van der Waals surface area contributed by atoms with Gasteiger partial charge in [-0.25, -0.2) is 0 Å². The highest BCUT2D eigenvalue weighted by atomic mass is 32.1. The van der Waals surface area contributed by atoms with Gasteiger partial charge in [0.25, 0.3) is 0 Å². The van der Waals surface area contributed by atoms with Gasteiger partial charge < -0.3 is 11.1 Å². The van der Waals surface area contributed by atoms with Gasteiger partial charge in [0.15, 0.2) is 0 Å². The van der Waals surface area contributed by atoms with Crippen molar-refractivity contribution in [2.75, 3.05) is 5.32 Å². The number of carbonyl (C=O) groups is 1. The maximum absolute atomic E-state index is 12.4. The molecule has 0 saturated heterocycles. The van der Waals surface area contributed by atoms with Crippen LogP contribution in [0, 0.1) is 11.3 Å². The molecule has 0 aliphatic heterocycles. The Hall–Kier alpha value is -1.38. The summed E-state index contributed by atoms with van der Waals surface area (Å²) in [5, 5.41) is 13.1. The zero-order valence-corrected chi connectivity index (χ0v) is 13.6. The highest BCUT2D eigenvalue weighted by molar-refractivity contribution is 7.16. The molecule has 1 aliphatic rings. The second-order valence-corrected chi connectivity index (χ2v) is 6.80. The number of nitrogens with zero attached hydrogens (tertiary/aromatic N) is 1. The topological polar surface area (TPSA) is 78.9 Å². The molecule has 1 amide bonds. The molecule has 0 spiro atoms. The molecule has 0 aromatic carbocycles. The normalized spacial score (nSPS) is 15.0. The average molecular weight is 305 g/mol. The Morgan fingerprint density at radius 1 is 1.33 bits per heavy atom. The van der Waals surface area contributed by atoms with E-state index in [1.165, 1.54) is 11.3 Å². The first-order valence-electron chi connectivity index (χ1n) is 7.70. The summed E-state index contributed by atoms with van der Waals surface area (Å²) in [7, 11) is 0. The number of nitrogens with one attached hydrogen (secondary N) is 1. The predicted octanol–water partition coefficient (Wildman–Crippen LogP) is 3.34. The van der Waals surface area contributed by atoms with E-state index >= 15 is 0 Å². The van der Waals surface area contributed by atoms with Gasteiger partial charge in [0.2, 0.25) is 5.91 Å². The van der Waals surface area contributed by atoms with Crippen molar-refractivity contribution in [3.8, 4) is 6.07 Å². The van der Waals surface area contributed by atoms with Crippen molar-refractivity contribution in [3.63, 3.8) is 0 Å². The van der Waals surface area contributed by atoms with Crippen LogP contribution in [0.15, 0.2) is 0 Å². The molecule has 1 aromatic rings. The third-order valence-electron chi connectivity index (χ3n) is 4.47. The van der Waals surface area contributed by atoms with Crippen LogP contribution in [0.4, 0.5) is 5.00 Å². The number of aryl methyl sites for hydroxylation is 1. The highest BCUT2D eigenvalue weighted by Gasteiger charge is 2.31. The Morgan fingerprint density at radius 2 is 2.00 bits per heavy atom. The van der Waals surface area contributed by atoms with Crippen LogP contribution in [0.5, 0.6) is 0 Å². The van der Waals surface area contributed by atoms with E-state index in [2.05, 4.69) is 11.4 Å². The molecule has 2 rings (SSSR count). The fourth-order valence-electron chi connectivity index (χ4n) is 2.75. The Bertz CT molecular complexity index is 567. The van der Waals surface area contributed by atoms with Gasteiger partial charge in [-0.1, -0.05) is 20.3 Å². The lowest BCUT2D eigenvalue weighted by atomic mass is 9.93. The van der Waals surface area contributed by atoms with Crippen LogP contribution in [-0.2, 0) is 17.6 Å². The molecular formula is C16H23N3OS. The molecule has 1 aliphatic carbocycles. The fourth-order valence-corrected chi connectivity index (χ4v) is 3.98. The molecule has 1 aromatic heterocycles. The van der Waals surface area contributed by atoms with E-state index in [4.69, 9.17) is 5.73 Å². The first-order chi connectivity index (χ1) is 10.1. The second kappa shape index (κ2) is 6.59. The second-order valence-electron chi connectivity index (χ2n) is 5.70. The Morgan fingerprint density at radius 3 is 2.62 bits per heavy atom. The number of rotatable bonds is 4. The maximum atomic E-state index is 12.4. The molecule has 0 fully saturated rings. The van der Waals surface area contributed by atoms with Crippen LogP contribution >= 0.6 is 11.3 Å². The number of nitrogens with two attached hydrogens (primary N) is 1. The summed E-state index contributed by atoms with van der Waals surface area (Å²) in [6.45, 7) is 3.83. The lowest BCUT2D eigenvalue weighted by Gasteiger charge is -2.24. The smallest absolute Gasteiger partial charge is 0.245 e. The van der Waals surface area contributed by atoms with Crippen LogP contribution < -0.4 is 11.1 Å². The van der Waals surface area contributed by atoms with E-state index in [0.29, 0.717) is 23.4 Å². The van der Waals surface area contributed by atoms with Gasteiger partial charge in [-0.05, 0) is 44.1 Å². The quantitative estimate of drug-likeness (QED) is 0.837. The Kier molecular flexibility index (Phi) is 5.02. The van der Waals surface area contributed by atoms with Crippen molar-refractivity contribution in [2.24, 2.45) is 5.73 Å². The van der Waals surface area contributed by atoms with Crippen LogP contribution in [0.25, 0.3) is 0 Å². The number of anilines is 1. The van der Waals surface area contributed by atoms with Crippen molar-refractivity contribution in [2.45, 2.75) is 64.3 Å². The molecular weight excluding hydrogens is 282 g/mol. The summed E-state index contributed by atoms with van der Waals surface area (Å²) in [5.41, 5.74) is 7.08. The van der Waals surface area contributed by atoms with Crippen molar-refractivity contribution in [1.82, 2.24) is 0 Å². The summed E-state index contributed by atoms with van der Waals surface area (Å²) >= 11 is 1.56. The molecule has 0 atom stereocenters. The minimum atomic E-state index is -0.853. The zero-order chi connectivity index (χ0) is 15.5. The number of hydrogen-bond donors (Lipinski definition) is 2. The minimum absolute atomic E-state index is 0.180. The van der Waals surface area contributed by atoms with Gasteiger partial charge in [-0.3, -0.25) is 4.79 Å². The molecule has 114 valence electrons. The highest BCUT2D eigenvalue weighted by Crippen LogP contribution is 2.37. The number of nitriles is 1. The molecule has 0 radical (unpaired) electrons. The number of thiophene rings is 1. The van der Waals surface area contributed by atoms with E-state index in [1.54, 1.807) is 11.3 Å². The molecule has 5 heteroatoms. The summed E-state index contributed by atoms with van der Waals surface area (Å²) < 4.78 is 0. The Balaban J connectivity index is 2.29. The standard InChI is InChI=1S/C16H23N3OS/c1-3-16(18,4-2)15(20)19-14-12(10-17)11-8-6-5-7-9-13(11)21-14/h3-9,18H2,1-2H3,(H,19,20). The number of hydrogen-bond acceptors (Lipinski definition) is 4. The van der Waals surface area contributed by atoms with E-state index < -0.39 is 5.54 Å². The number of fused-ring (bicyclic) bond motifs is 1. The van der Waals surface area contributed by atoms with Gasteiger partial charge in [-0.2, -0.15) is 5.26 Å². The third kappa shape index (κ3) is 3.12. The van der Waals surface area contributed by atoms with Crippen molar-refractivity contribution in [3.05, 3.63) is 16.0 Å². The molecule has 0 unspecified atom stereocenters. The van der Waals surface area contributed by atoms with E-state index in [9.17, 15) is 10.1 Å². The van der Waals surface area contributed by atoms with Crippen LogP contribution in [0.2, 0.25) is 0 Å². The minimum Gasteiger partial charge on any atom is -0.317 e. The lowest BCUT2D eigenvalue weighted by molar-refractivity contribution is -0.121. The summed E-state index contributed by atoms with van der Waals surface area (Å²) in [6.07, 6.45) is 6.63. The SMILES string of the molecule is CCC(N)(CC)C(=O)Nc1sc2c(c1C#N)CCCCC2. The Labute approximate surface area is 130 Å². The molecule has 0 saturated carbocycles. The summed E-state index contributed by atoms with van der Waals surface area (Å²) in [5.74, 6) is -0.180. The van der Waals surface area contributed by atoms with Crippen LogP contribution in [-0.4, -0.2) is 11.4 Å². The van der Waals surface area contributed by atoms with Crippen LogP contribution in [0.1, 0.15) is 62.0 Å². The molecule has 21 heavy (non-hydrogen) atoms. The molecule has 1 heterocycles. The van der Waals surface area contributed by atoms with E-state index in [0.717, 1.165) is 31.2 Å². The van der Waals surface area contributed by atoms with Crippen LogP contribution in [0.3, 0.4) is 0 Å². The van der Waals surface area contributed by atoms with Gasteiger partial charge in [0.05, 0.1) is 11.1 Å². The van der Waals surface area contributed by atoms with Crippen molar-refractivity contribution < 1.29 is 4.79 Å². The van der Waals surface area contributed by atoms with Gasteiger partial charge >= 0.3 is 0 Å². The first kappa shape index (κ1) is 16.0. The lowest BCUT2D eigenvalue weighted by Crippen LogP contribution is -2.50. The zero-order valence-electron chi connectivity index (χ0n) is 12.8. The molecule has 0 bridgehead atoms. The van der Waals surface area contributed by atoms with Gasteiger partial charge in [0, 0.05) is 4.88 Å². The fraction of sp³-hybridized carbons (Fsp3) is 0.625. The van der Waals surface area contributed by atoms with Crippen molar-refractivity contribution in [1.29, 1.82) is 5.26 Å². The number of amides is 1. The molecule has 4 nitrogen and oxygen atoms in total. The van der Waals surface area contributed by atoms with E-state index in [1.807, 2.05) is 13.8 Å². The van der Waals surface area contributed by atoms with Crippen molar-refractivity contribution >= 4 is 22.2 Å². The molecule has 3 N–H and O–H groups in total. The van der Waals surface area contributed by atoms with Gasteiger partial charge in [0.1, 0.15) is 11.1 Å². The number of carbonyl (C=O) groups excluding carboxylic acids is 1. The largest absolute Gasteiger partial charge is 0.317 e. The maximum Gasteiger partial charge on any atom is 0.245 e.